The lowest BCUT2D eigenvalue weighted by atomic mass is 10.4. The van der Waals surface area contributed by atoms with Gasteiger partial charge in [0.05, 0.1) is 0 Å². The predicted octanol–water partition coefficient (Wildman–Crippen LogP) is 1.63. The van der Waals surface area contributed by atoms with Gasteiger partial charge in [-0.2, -0.15) is 0 Å². The van der Waals surface area contributed by atoms with Crippen LogP contribution in [0.3, 0.4) is 0 Å². The average molecular weight is 181 g/mol. The Morgan fingerprint density at radius 1 is 1.67 bits per heavy atom. The summed E-state index contributed by atoms with van der Waals surface area (Å²) in [5, 5.41) is 1.88. The van der Waals surface area contributed by atoms with E-state index in [1.807, 2.05) is 19.2 Å². The van der Waals surface area contributed by atoms with E-state index in [0.717, 1.165) is 18.7 Å². The van der Waals surface area contributed by atoms with Gasteiger partial charge in [0.1, 0.15) is 0 Å². The summed E-state index contributed by atoms with van der Waals surface area (Å²) in [7, 11) is 0. The van der Waals surface area contributed by atoms with Gasteiger partial charge in [0.15, 0.2) is 0 Å². The topological polar surface area (TPSA) is 22.0 Å². The molecule has 0 spiro atoms. The Kier molecular flexibility index (Phi) is 3.12. The number of thiazole rings is 1. The van der Waals surface area contributed by atoms with Crippen LogP contribution in [0.5, 0.6) is 0 Å². The second-order valence-electron chi connectivity index (χ2n) is 2.47. The van der Waals surface area contributed by atoms with E-state index in [4.69, 9.17) is 0 Å². The molecule has 0 atom stereocenters. The number of aromatic nitrogens is 1. The van der Waals surface area contributed by atoms with E-state index in [1.54, 1.807) is 4.57 Å². The molecular formula is C9H11NOS. The molecule has 2 nitrogen and oxygen atoms in total. The number of rotatable bonds is 2. The zero-order chi connectivity index (χ0) is 8.97. The van der Waals surface area contributed by atoms with E-state index in [1.165, 1.54) is 11.3 Å². The first-order chi connectivity index (χ1) is 5.75. The van der Waals surface area contributed by atoms with Crippen LogP contribution in [0.25, 0.3) is 0 Å². The molecule has 3 heteroatoms. The molecule has 0 saturated heterocycles. The molecule has 1 aromatic heterocycles. The van der Waals surface area contributed by atoms with Crippen LogP contribution in [-0.2, 0) is 6.54 Å². The van der Waals surface area contributed by atoms with E-state index < -0.39 is 0 Å². The van der Waals surface area contributed by atoms with Crippen molar-refractivity contribution >= 4 is 11.3 Å². The second-order valence-corrected chi connectivity index (χ2v) is 3.29. The zero-order valence-electron chi connectivity index (χ0n) is 7.26. The first-order valence-electron chi connectivity index (χ1n) is 3.80. The van der Waals surface area contributed by atoms with Crippen LogP contribution in [0, 0.1) is 18.8 Å². The SMILES string of the molecule is CC#CCCn1c(C)csc1=O. The van der Waals surface area contributed by atoms with Gasteiger partial charge in [0.25, 0.3) is 0 Å². The van der Waals surface area contributed by atoms with Crippen molar-refractivity contribution in [3.63, 3.8) is 0 Å². The Morgan fingerprint density at radius 3 is 2.92 bits per heavy atom. The minimum Gasteiger partial charge on any atom is -0.302 e. The third kappa shape index (κ3) is 1.99. The highest BCUT2D eigenvalue weighted by atomic mass is 32.1. The normalized spacial score (nSPS) is 9.17. The van der Waals surface area contributed by atoms with Gasteiger partial charge in [-0.15, -0.1) is 11.8 Å². The molecule has 0 bridgehead atoms. The Bertz CT molecular complexity index is 364. The third-order valence-corrected chi connectivity index (χ3v) is 2.49. The minimum absolute atomic E-state index is 0.116. The summed E-state index contributed by atoms with van der Waals surface area (Å²) >= 11 is 1.25. The number of hydrogen-bond donors (Lipinski definition) is 0. The second kappa shape index (κ2) is 4.13. The molecule has 0 aliphatic carbocycles. The van der Waals surface area contributed by atoms with Gasteiger partial charge >= 0.3 is 4.87 Å². The van der Waals surface area contributed by atoms with Gasteiger partial charge in [-0.3, -0.25) is 4.79 Å². The lowest BCUT2D eigenvalue weighted by molar-refractivity contribution is 0.686. The number of nitrogens with zero attached hydrogens (tertiary/aromatic N) is 1. The van der Waals surface area contributed by atoms with Crippen molar-refractivity contribution in [1.29, 1.82) is 0 Å². The fourth-order valence-electron chi connectivity index (χ4n) is 0.967. The molecular weight excluding hydrogens is 170 g/mol. The maximum Gasteiger partial charge on any atom is 0.307 e. The van der Waals surface area contributed by atoms with Crippen LogP contribution in [0.15, 0.2) is 10.2 Å². The fourth-order valence-corrected chi connectivity index (χ4v) is 1.73. The Balaban J connectivity index is 2.72. The largest absolute Gasteiger partial charge is 0.307 e. The van der Waals surface area contributed by atoms with Crippen molar-refractivity contribution < 1.29 is 0 Å². The fraction of sp³-hybridized carbons (Fsp3) is 0.444. The van der Waals surface area contributed by atoms with E-state index in [9.17, 15) is 4.79 Å². The predicted molar refractivity (Wildman–Crippen MR) is 51.4 cm³/mol. The quantitative estimate of drug-likeness (QED) is 0.636. The van der Waals surface area contributed by atoms with Gasteiger partial charge in [-0.25, -0.2) is 0 Å². The van der Waals surface area contributed by atoms with Crippen molar-refractivity contribution in [1.82, 2.24) is 4.57 Å². The summed E-state index contributed by atoms with van der Waals surface area (Å²) in [4.78, 5) is 11.3. The molecule has 0 unspecified atom stereocenters. The molecule has 0 amide bonds. The molecule has 1 rings (SSSR count). The van der Waals surface area contributed by atoms with E-state index in [2.05, 4.69) is 11.8 Å². The molecule has 0 aromatic carbocycles. The summed E-state index contributed by atoms with van der Waals surface area (Å²) in [5.41, 5.74) is 1.03. The molecule has 0 radical (unpaired) electrons. The van der Waals surface area contributed by atoms with E-state index >= 15 is 0 Å². The highest BCUT2D eigenvalue weighted by molar-refractivity contribution is 7.07. The van der Waals surface area contributed by atoms with Gasteiger partial charge in [0.2, 0.25) is 0 Å². The molecule has 1 heterocycles. The Labute approximate surface area is 75.9 Å². The van der Waals surface area contributed by atoms with Gasteiger partial charge in [0, 0.05) is 24.0 Å². The summed E-state index contributed by atoms with van der Waals surface area (Å²) in [6.07, 6.45) is 0.758. The maximum absolute atomic E-state index is 11.2. The van der Waals surface area contributed by atoms with Crippen LogP contribution in [0.2, 0.25) is 0 Å². The molecule has 0 N–H and O–H groups in total. The highest BCUT2D eigenvalue weighted by Crippen LogP contribution is 1.99. The summed E-state index contributed by atoms with van der Waals surface area (Å²) < 4.78 is 1.76. The van der Waals surface area contributed by atoms with Crippen LogP contribution in [0.4, 0.5) is 0 Å². The molecule has 0 saturated carbocycles. The van der Waals surface area contributed by atoms with Gasteiger partial charge < -0.3 is 4.57 Å². The summed E-state index contributed by atoms with van der Waals surface area (Å²) in [5.74, 6) is 5.74. The van der Waals surface area contributed by atoms with Crippen molar-refractivity contribution in [3.8, 4) is 11.8 Å². The molecule has 1 aromatic rings. The zero-order valence-corrected chi connectivity index (χ0v) is 8.07. The summed E-state index contributed by atoms with van der Waals surface area (Å²) in [6, 6.07) is 0. The lowest BCUT2D eigenvalue weighted by Crippen LogP contribution is -2.13. The monoisotopic (exact) mass is 181 g/mol. The van der Waals surface area contributed by atoms with Crippen LogP contribution >= 0.6 is 11.3 Å². The minimum atomic E-state index is 0.116. The van der Waals surface area contributed by atoms with Crippen molar-refractivity contribution in [3.05, 3.63) is 20.7 Å². The standard InChI is InChI=1S/C9H11NOS/c1-3-4-5-6-10-8(2)7-12-9(10)11/h7H,5-6H2,1-2H3. The third-order valence-electron chi connectivity index (χ3n) is 1.61. The van der Waals surface area contributed by atoms with Crippen molar-refractivity contribution in [2.75, 3.05) is 0 Å². The summed E-state index contributed by atoms with van der Waals surface area (Å²) in [6.45, 7) is 4.47. The number of hydrogen-bond acceptors (Lipinski definition) is 2. The molecule has 64 valence electrons. The molecule has 0 aliphatic rings. The van der Waals surface area contributed by atoms with E-state index in [0.29, 0.717) is 0 Å². The molecule has 0 aliphatic heterocycles. The van der Waals surface area contributed by atoms with Crippen molar-refractivity contribution in [2.45, 2.75) is 26.8 Å². The van der Waals surface area contributed by atoms with Crippen LogP contribution < -0.4 is 4.87 Å². The Hall–Kier alpha value is -1.01. The molecule has 0 fully saturated rings. The van der Waals surface area contributed by atoms with Gasteiger partial charge in [-0.05, 0) is 13.8 Å². The smallest absolute Gasteiger partial charge is 0.302 e. The van der Waals surface area contributed by atoms with Crippen LogP contribution in [0.1, 0.15) is 19.0 Å². The van der Waals surface area contributed by atoms with Crippen LogP contribution in [-0.4, -0.2) is 4.57 Å². The number of aryl methyl sites for hydroxylation is 1. The first kappa shape index (κ1) is 9.08. The van der Waals surface area contributed by atoms with E-state index in [-0.39, 0.29) is 4.87 Å². The van der Waals surface area contributed by atoms with Gasteiger partial charge in [-0.1, -0.05) is 11.3 Å². The Morgan fingerprint density at radius 2 is 2.42 bits per heavy atom. The maximum atomic E-state index is 11.2. The average Bonchev–Trinajstić information content (AvgIpc) is 2.35. The lowest BCUT2D eigenvalue weighted by Gasteiger charge is -1.98. The molecule has 12 heavy (non-hydrogen) atoms. The van der Waals surface area contributed by atoms with Crippen molar-refractivity contribution in [2.24, 2.45) is 0 Å². The first-order valence-corrected chi connectivity index (χ1v) is 4.68. The highest BCUT2D eigenvalue weighted by Gasteiger charge is 1.99.